The van der Waals surface area contributed by atoms with E-state index in [0.717, 1.165) is 0 Å². The van der Waals surface area contributed by atoms with Crippen LogP contribution in [-0.4, -0.2) is 67.3 Å². The number of rotatable bonds is 4. The van der Waals surface area contributed by atoms with Gasteiger partial charge in [0.15, 0.2) is 0 Å². The van der Waals surface area contributed by atoms with Crippen LogP contribution in [0.15, 0.2) is 0 Å². The van der Waals surface area contributed by atoms with Crippen LogP contribution < -0.4 is 9.79 Å². The Balaban J connectivity index is 0. The van der Waals surface area contributed by atoms with Crippen LogP contribution in [-0.2, 0) is 9.09 Å². The quantitative estimate of drug-likeness (QED) is 0.373. The van der Waals surface area contributed by atoms with Gasteiger partial charge >= 0.3 is 37.7 Å². The van der Waals surface area contributed by atoms with Crippen LogP contribution in [0.3, 0.4) is 0 Å². The first kappa shape index (κ1) is 14.8. The fraction of sp³-hybridized carbons (Fsp3) is 1.00. The molecule has 0 saturated carbocycles. The Morgan fingerprint density at radius 2 is 2.00 bits per heavy atom. The molecule has 0 unspecified atom stereocenters. The molecular formula is C3H7CaO6P. The summed E-state index contributed by atoms with van der Waals surface area (Å²) in [6.45, 7) is -1.33. The predicted molar refractivity (Wildman–Crippen MR) is 32.4 cm³/mol. The van der Waals surface area contributed by atoms with Crippen LogP contribution in [0, 0.1) is 0 Å². The van der Waals surface area contributed by atoms with Gasteiger partial charge in [0.1, 0.15) is 6.10 Å². The van der Waals surface area contributed by atoms with Crippen molar-refractivity contribution in [1.82, 2.24) is 0 Å². The molecule has 8 heteroatoms. The minimum Gasteiger partial charge on any atom is -0.790 e. The van der Waals surface area contributed by atoms with Gasteiger partial charge in [-0.2, -0.15) is 0 Å². The molecule has 0 aliphatic heterocycles. The largest absolute Gasteiger partial charge is 2.00 e. The SMILES string of the molecule is O=P([O-])([O-])OC[C@@H](O)CO.[Ca+2]. The Kier molecular flexibility index (Phi) is 9.10. The molecule has 2 N–H and O–H groups in total. The normalized spacial score (nSPS) is 13.8. The fourth-order valence-electron chi connectivity index (χ4n) is 0.230. The fourth-order valence-corrected chi connectivity index (χ4v) is 0.585. The average molecular weight is 210 g/mol. The minimum absolute atomic E-state index is 0. The van der Waals surface area contributed by atoms with Crippen LogP contribution >= 0.6 is 7.82 Å². The average Bonchev–Trinajstić information content (AvgIpc) is 1.81. The number of aliphatic hydroxyl groups is 2. The van der Waals surface area contributed by atoms with Gasteiger partial charge in [0.2, 0.25) is 0 Å². The molecule has 0 aromatic carbocycles. The van der Waals surface area contributed by atoms with E-state index in [-0.39, 0.29) is 37.7 Å². The van der Waals surface area contributed by atoms with E-state index in [0.29, 0.717) is 0 Å². The first-order chi connectivity index (χ1) is 4.45. The molecule has 0 fully saturated rings. The molecule has 6 nitrogen and oxygen atoms in total. The van der Waals surface area contributed by atoms with E-state index in [2.05, 4.69) is 4.52 Å². The number of phosphoric ester groups is 1. The number of phosphoric acid groups is 1. The van der Waals surface area contributed by atoms with E-state index in [1.165, 1.54) is 0 Å². The van der Waals surface area contributed by atoms with Crippen molar-refractivity contribution < 1.29 is 29.1 Å². The van der Waals surface area contributed by atoms with Gasteiger partial charge in [-0.1, -0.05) is 0 Å². The van der Waals surface area contributed by atoms with Crippen molar-refractivity contribution in [3.05, 3.63) is 0 Å². The Bertz CT molecular complexity index is 134. The van der Waals surface area contributed by atoms with E-state index >= 15 is 0 Å². The Morgan fingerprint density at radius 3 is 2.27 bits per heavy atom. The van der Waals surface area contributed by atoms with Gasteiger partial charge in [-0.05, 0) is 0 Å². The van der Waals surface area contributed by atoms with Gasteiger partial charge in [-0.25, -0.2) is 0 Å². The second-order valence-corrected chi connectivity index (χ2v) is 2.73. The molecule has 0 aromatic heterocycles. The van der Waals surface area contributed by atoms with Crippen LogP contribution in [0.2, 0.25) is 0 Å². The van der Waals surface area contributed by atoms with Crippen LogP contribution in [0.25, 0.3) is 0 Å². The summed E-state index contributed by atoms with van der Waals surface area (Å²) in [7, 11) is -5.00. The molecule has 0 aromatic rings. The van der Waals surface area contributed by atoms with E-state index in [4.69, 9.17) is 10.2 Å². The van der Waals surface area contributed by atoms with E-state index < -0.39 is 27.1 Å². The summed E-state index contributed by atoms with van der Waals surface area (Å²) in [5.41, 5.74) is 0. The Morgan fingerprint density at radius 1 is 1.55 bits per heavy atom. The third kappa shape index (κ3) is 11.3. The van der Waals surface area contributed by atoms with Gasteiger partial charge < -0.3 is 29.1 Å². The van der Waals surface area contributed by atoms with E-state index in [1.807, 2.05) is 0 Å². The van der Waals surface area contributed by atoms with Crippen molar-refractivity contribution >= 4 is 45.6 Å². The van der Waals surface area contributed by atoms with Crippen molar-refractivity contribution in [2.45, 2.75) is 6.10 Å². The molecule has 0 radical (unpaired) electrons. The number of aliphatic hydroxyl groups excluding tert-OH is 2. The maximum Gasteiger partial charge on any atom is 2.00 e. The molecule has 0 heterocycles. The zero-order chi connectivity index (χ0) is 8.20. The van der Waals surface area contributed by atoms with Crippen LogP contribution in [0.4, 0.5) is 0 Å². The summed E-state index contributed by atoms with van der Waals surface area (Å²) in [6, 6.07) is 0. The van der Waals surface area contributed by atoms with E-state index in [9.17, 15) is 14.4 Å². The van der Waals surface area contributed by atoms with Crippen molar-refractivity contribution in [2.75, 3.05) is 13.2 Å². The predicted octanol–water partition coefficient (Wildman–Crippen LogP) is -3.20. The molecule has 1 atom stereocenters. The molecule has 0 amide bonds. The van der Waals surface area contributed by atoms with Gasteiger partial charge in [-0.15, -0.1) is 0 Å². The molecular weight excluding hydrogens is 203 g/mol. The molecule has 0 saturated heterocycles. The summed E-state index contributed by atoms with van der Waals surface area (Å²) in [4.78, 5) is 19.4. The molecule has 0 aliphatic rings. The first-order valence-corrected chi connectivity index (χ1v) is 3.87. The van der Waals surface area contributed by atoms with Crippen molar-refractivity contribution in [2.24, 2.45) is 0 Å². The second kappa shape index (κ2) is 6.77. The van der Waals surface area contributed by atoms with Gasteiger partial charge in [0.25, 0.3) is 0 Å². The second-order valence-electron chi connectivity index (χ2n) is 1.58. The summed E-state index contributed by atoms with van der Waals surface area (Å²) < 4.78 is 13.3. The summed E-state index contributed by atoms with van der Waals surface area (Å²) in [6.07, 6.45) is -1.32. The zero-order valence-corrected chi connectivity index (χ0v) is 8.78. The molecule has 0 rings (SSSR count). The zero-order valence-electron chi connectivity index (χ0n) is 5.67. The molecule has 0 spiro atoms. The monoisotopic (exact) mass is 210 g/mol. The first-order valence-electron chi connectivity index (χ1n) is 2.41. The third-order valence-corrected chi connectivity index (χ3v) is 1.10. The van der Waals surface area contributed by atoms with Gasteiger partial charge in [0.05, 0.1) is 21.0 Å². The van der Waals surface area contributed by atoms with E-state index in [1.54, 1.807) is 0 Å². The Labute approximate surface area is 93.4 Å². The van der Waals surface area contributed by atoms with Gasteiger partial charge in [-0.3, -0.25) is 0 Å². The maximum atomic E-state index is 9.71. The summed E-state index contributed by atoms with van der Waals surface area (Å²) in [5, 5.41) is 16.6. The summed E-state index contributed by atoms with van der Waals surface area (Å²) >= 11 is 0. The van der Waals surface area contributed by atoms with Crippen molar-refractivity contribution in [3.8, 4) is 0 Å². The number of hydrogen-bond acceptors (Lipinski definition) is 6. The number of hydrogen-bond donors (Lipinski definition) is 2. The van der Waals surface area contributed by atoms with Crippen LogP contribution in [0.1, 0.15) is 0 Å². The van der Waals surface area contributed by atoms with Crippen molar-refractivity contribution in [3.63, 3.8) is 0 Å². The topological polar surface area (TPSA) is 113 Å². The molecule has 0 bridgehead atoms. The smallest absolute Gasteiger partial charge is 0.790 e. The minimum atomic E-state index is -5.00. The third-order valence-electron chi connectivity index (χ3n) is 0.636. The molecule has 62 valence electrons. The Hall–Kier alpha value is 1.29. The van der Waals surface area contributed by atoms with Crippen molar-refractivity contribution in [1.29, 1.82) is 0 Å². The summed E-state index contributed by atoms with van der Waals surface area (Å²) in [5.74, 6) is 0. The maximum absolute atomic E-state index is 9.71. The van der Waals surface area contributed by atoms with Crippen LogP contribution in [0.5, 0.6) is 0 Å². The van der Waals surface area contributed by atoms with Gasteiger partial charge in [0, 0.05) is 0 Å². The molecule has 11 heavy (non-hydrogen) atoms. The molecule has 0 aliphatic carbocycles. The standard InChI is InChI=1S/C3H9O6P.Ca/c4-1-3(5)2-9-10(6,7)8;/h3-5H,1-2H2,(H2,6,7,8);/q;+2/p-2/t3-;/m0./s1.